The maximum Gasteiger partial charge on any atom is 0.337 e. The van der Waals surface area contributed by atoms with Gasteiger partial charge in [0, 0.05) is 4.47 Å². The second kappa shape index (κ2) is 2.95. The monoisotopic (exact) mass is 257 g/mol. The molecule has 6 nitrogen and oxygen atoms in total. The molecule has 2 N–H and O–H groups in total. The summed E-state index contributed by atoms with van der Waals surface area (Å²) in [6.07, 6.45) is 1.31. The zero-order valence-electron chi connectivity index (χ0n) is 6.69. The molecule has 0 aromatic rings. The minimum absolute atomic E-state index is 0.0119. The summed E-state index contributed by atoms with van der Waals surface area (Å²) in [7, 11) is 0. The smallest absolute Gasteiger partial charge is 0.337 e. The highest BCUT2D eigenvalue weighted by Crippen LogP contribution is 2.18. The van der Waals surface area contributed by atoms with E-state index in [1.807, 2.05) is 0 Å². The standard InChI is InChI=1S/C7H4BrN3O3/c8-3-1-4-5(11(14)2-3)10-7(13)6(12)9-4/h1-2,14H,(H,9,12). The maximum atomic E-state index is 10.9. The first-order valence-corrected chi connectivity index (χ1v) is 4.39. The number of fused-ring (bicyclic) bond motifs is 1. The second-order valence-corrected chi connectivity index (χ2v) is 3.53. The summed E-state index contributed by atoms with van der Waals surface area (Å²) in [5.41, 5.74) is -1.45. The Labute approximate surface area is 85.3 Å². The number of halogens is 1. The fraction of sp³-hybridized carbons (Fsp3) is 0. The second-order valence-electron chi connectivity index (χ2n) is 2.61. The zero-order chi connectivity index (χ0) is 10.3. The van der Waals surface area contributed by atoms with Crippen molar-refractivity contribution in [3.05, 3.63) is 37.4 Å². The number of aromatic nitrogens is 3. The highest BCUT2D eigenvalue weighted by Gasteiger charge is 2.11. The first kappa shape index (κ1) is 8.95. The van der Waals surface area contributed by atoms with E-state index in [1.54, 1.807) is 0 Å². The van der Waals surface area contributed by atoms with Crippen LogP contribution >= 0.6 is 15.9 Å². The van der Waals surface area contributed by atoms with Crippen LogP contribution in [0.25, 0.3) is 11.5 Å². The molecule has 2 rings (SSSR count). The average molecular weight is 258 g/mol. The van der Waals surface area contributed by atoms with Crippen molar-refractivity contribution < 1.29 is 5.21 Å². The van der Waals surface area contributed by atoms with Gasteiger partial charge in [-0.05, 0) is 22.0 Å². The summed E-state index contributed by atoms with van der Waals surface area (Å²) in [5.74, 6) is 0.0119. The van der Waals surface area contributed by atoms with Crippen LogP contribution in [0.5, 0.6) is 0 Å². The van der Waals surface area contributed by atoms with Gasteiger partial charge in [-0.3, -0.25) is 9.59 Å². The van der Waals surface area contributed by atoms with Crippen LogP contribution in [0.15, 0.2) is 26.3 Å². The molecule has 2 aliphatic rings. The lowest BCUT2D eigenvalue weighted by molar-refractivity contribution is 0.185. The molecule has 0 spiro atoms. The first-order valence-electron chi connectivity index (χ1n) is 3.59. The molecule has 0 radical (unpaired) electrons. The summed E-state index contributed by atoms with van der Waals surface area (Å²) in [6, 6.07) is 1.54. The Hall–Kier alpha value is -1.63. The Kier molecular flexibility index (Phi) is 1.88. The molecule has 0 amide bonds. The SMILES string of the molecule is O=c1nc2n(O)cc(Br)cc-2[nH]c1=O. The van der Waals surface area contributed by atoms with Crippen LogP contribution in [0, 0.1) is 0 Å². The topological polar surface area (TPSA) is 88.0 Å². The molecule has 72 valence electrons. The molecule has 0 fully saturated rings. The number of nitrogens with one attached hydrogen (secondary N) is 1. The van der Waals surface area contributed by atoms with Gasteiger partial charge in [0.25, 0.3) is 0 Å². The Morgan fingerprint density at radius 1 is 1.50 bits per heavy atom. The predicted octanol–water partition coefficient (Wildman–Crippen LogP) is 0.0362. The molecule has 7 heteroatoms. The normalized spacial score (nSPS) is 10.6. The van der Waals surface area contributed by atoms with Crippen molar-refractivity contribution >= 4 is 15.9 Å². The molecule has 14 heavy (non-hydrogen) atoms. The molecule has 0 aliphatic carbocycles. The number of hydrogen-bond donors (Lipinski definition) is 2. The van der Waals surface area contributed by atoms with E-state index in [0.29, 0.717) is 9.20 Å². The number of aromatic amines is 1. The van der Waals surface area contributed by atoms with Gasteiger partial charge in [0.2, 0.25) is 0 Å². The third-order valence-corrected chi connectivity index (χ3v) is 2.07. The summed E-state index contributed by atoms with van der Waals surface area (Å²) >= 11 is 3.12. The van der Waals surface area contributed by atoms with E-state index in [-0.39, 0.29) is 11.5 Å². The number of pyridine rings is 1. The summed E-state index contributed by atoms with van der Waals surface area (Å²) in [5, 5.41) is 9.33. The van der Waals surface area contributed by atoms with Crippen molar-refractivity contribution in [1.29, 1.82) is 0 Å². The molecule has 2 heterocycles. The maximum absolute atomic E-state index is 10.9. The Bertz CT molecular complexity index is 574. The number of nitrogens with zero attached hydrogens (tertiary/aromatic N) is 2. The van der Waals surface area contributed by atoms with Crippen LogP contribution in [0.4, 0.5) is 0 Å². The number of H-pyrrole nitrogens is 1. The van der Waals surface area contributed by atoms with E-state index in [9.17, 15) is 14.8 Å². The van der Waals surface area contributed by atoms with Crippen molar-refractivity contribution in [1.82, 2.24) is 14.7 Å². The van der Waals surface area contributed by atoms with Gasteiger partial charge in [-0.15, -0.1) is 0 Å². The molecule has 0 saturated heterocycles. The van der Waals surface area contributed by atoms with Crippen molar-refractivity contribution in [2.75, 3.05) is 0 Å². The van der Waals surface area contributed by atoms with E-state index < -0.39 is 11.1 Å². The molecule has 0 atom stereocenters. The third kappa shape index (κ3) is 1.31. The lowest BCUT2D eigenvalue weighted by atomic mass is 10.3. The first-order chi connectivity index (χ1) is 6.58. The van der Waals surface area contributed by atoms with Gasteiger partial charge >= 0.3 is 11.1 Å². The average Bonchev–Trinajstić information content (AvgIpc) is 2.08. The van der Waals surface area contributed by atoms with E-state index in [2.05, 4.69) is 25.9 Å². The van der Waals surface area contributed by atoms with Crippen LogP contribution in [-0.4, -0.2) is 19.9 Å². The number of hydrogen-bond acceptors (Lipinski definition) is 4. The van der Waals surface area contributed by atoms with Crippen LogP contribution in [-0.2, 0) is 0 Å². The van der Waals surface area contributed by atoms with Crippen LogP contribution in [0.1, 0.15) is 0 Å². The van der Waals surface area contributed by atoms with Gasteiger partial charge in [-0.2, -0.15) is 9.71 Å². The van der Waals surface area contributed by atoms with Crippen molar-refractivity contribution in [2.24, 2.45) is 0 Å². The molecule has 0 bridgehead atoms. The highest BCUT2D eigenvalue weighted by molar-refractivity contribution is 9.10. The minimum atomic E-state index is -0.928. The van der Waals surface area contributed by atoms with Gasteiger partial charge in [-0.25, -0.2) is 0 Å². The van der Waals surface area contributed by atoms with Crippen molar-refractivity contribution in [3.63, 3.8) is 0 Å². The minimum Gasteiger partial charge on any atom is -0.427 e. The predicted molar refractivity (Wildman–Crippen MR) is 50.6 cm³/mol. The van der Waals surface area contributed by atoms with E-state index >= 15 is 0 Å². The Morgan fingerprint density at radius 3 is 2.93 bits per heavy atom. The molecule has 0 aromatic carbocycles. The molecule has 0 aromatic heterocycles. The lowest BCUT2D eigenvalue weighted by Crippen LogP contribution is -2.31. The summed E-state index contributed by atoms with van der Waals surface area (Å²) in [6.45, 7) is 0. The highest BCUT2D eigenvalue weighted by atomic mass is 79.9. The van der Waals surface area contributed by atoms with Gasteiger partial charge < -0.3 is 10.2 Å². The largest absolute Gasteiger partial charge is 0.427 e. The Morgan fingerprint density at radius 2 is 2.21 bits per heavy atom. The molecule has 2 aliphatic heterocycles. The zero-order valence-corrected chi connectivity index (χ0v) is 8.28. The van der Waals surface area contributed by atoms with E-state index in [0.717, 1.165) is 0 Å². The summed E-state index contributed by atoms with van der Waals surface area (Å²) in [4.78, 5) is 27.5. The van der Waals surface area contributed by atoms with Crippen LogP contribution in [0.2, 0.25) is 0 Å². The van der Waals surface area contributed by atoms with Gasteiger partial charge in [-0.1, -0.05) is 0 Å². The fourth-order valence-electron chi connectivity index (χ4n) is 1.07. The van der Waals surface area contributed by atoms with Gasteiger partial charge in [0.05, 0.1) is 11.9 Å². The van der Waals surface area contributed by atoms with Crippen LogP contribution < -0.4 is 11.1 Å². The third-order valence-electron chi connectivity index (χ3n) is 1.64. The lowest BCUT2D eigenvalue weighted by Gasteiger charge is -2.07. The van der Waals surface area contributed by atoms with Crippen molar-refractivity contribution in [2.45, 2.75) is 0 Å². The van der Waals surface area contributed by atoms with Crippen molar-refractivity contribution in [3.8, 4) is 11.5 Å². The van der Waals surface area contributed by atoms with E-state index in [1.165, 1.54) is 12.3 Å². The quantitative estimate of drug-likeness (QED) is 0.515. The molecular formula is C7H4BrN3O3. The summed E-state index contributed by atoms with van der Waals surface area (Å²) < 4.78 is 1.22. The Balaban J connectivity index is 2.96. The van der Waals surface area contributed by atoms with Gasteiger partial charge in [0.15, 0.2) is 5.82 Å². The fourth-order valence-corrected chi connectivity index (χ4v) is 1.49. The molecule has 0 unspecified atom stereocenters. The van der Waals surface area contributed by atoms with Gasteiger partial charge in [0.1, 0.15) is 0 Å². The molecular weight excluding hydrogens is 254 g/mol. The van der Waals surface area contributed by atoms with E-state index in [4.69, 9.17) is 0 Å². The number of rotatable bonds is 0. The molecule has 0 saturated carbocycles. The van der Waals surface area contributed by atoms with Crippen LogP contribution in [0.3, 0.4) is 0 Å².